The molecule has 1 saturated carbocycles. The predicted molar refractivity (Wildman–Crippen MR) is 74.3 cm³/mol. The summed E-state index contributed by atoms with van der Waals surface area (Å²) in [5, 5.41) is 8.98. The molecule has 2 fully saturated rings. The van der Waals surface area contributed by atoms with Gasteiger partial charge in [0.05, 0.1) is 5.92 Å². The average molecular weight is 308 g/mol. The van der Waals surface area contributed by atoms with Gasteiger partial charge in [-0.2, -0.15) is 24.5 Å². The Morgan fingerprint density at radius 3 is 2.74 bits per heavy atom. The van der Waals surface area contributed by atoms with Crippen molar-refractivity contribution in [2.24, 2.45) is 5.92 Å². The van der Waals surface area contributed by atoms with E-state index in [9.17, 15) is 13.2 Å². The number of nitrogens with one attached hydrogen (secondary N) is 1. The first-order valence-corrected chi connectivity index (χ1v) is 9.08. The van der Waals surface area contributed by atoms with Crippen LogP contribution in [0.3, 0.4) is 0 Å². The first-order chi connectivity index (χ1) is 8.88. The highest BCUT2D eigenvalue weighted by Gasteiger charge is 2.43. The molecule has 0 aromatic heterocycles. The van der Waals surface area contributed by atoms with E-state index in [0.29, 0.717) is 25.9 Å². The number of rotatable bonds is 6. The van der Waals surface area contributed by atoms with Crippen LogP contribution < -0.4 is 4.72 Å². The number of hydrogen-bond donors (Lipinski definition) is 2. The Labute approximate surface area is 118 Å². The lowest BCUT2D eigenvalue weighted by molar-refractivity contribution is -0.142. The van der Waals surface area contributed by atoms with E-state index in [0.717, 1.165) is 12.8 Å². The molecule has 6 nitrogen and oxygen atoms in total. The maximum Gasteiger partial charge on any atom is 0.307 e. The van der Waals surface area contributed by atoms with Gasteiger partial charge in [0.2, 0.25) is 0 Å². The third-order valence-corrected chi connectivity index (χ3v) is 6.83. The molecule has 8 heteroatoms. The lowest BCUT2D eigenvalue weighted by atomic mass is 10.0. The first kappa shape index (κ1) is 15.1. The minimum atomic E-state index is -3.55. The van der Waals surface area contributed by atoms with Crippen LogP contribution in [0.2, 0.25) is 0 Å². The van der Waals surface area contributed by atoms with Crippen molar-refractivity contribution < 1.29 is 18.3 Å². The van der Waals surface area contributed by atoms with Gasteiger partial charge in [-0.15, -0.1) is 0 Å². The minimum absolute atomic E-state index is 0.0645. The molecule has 0 amide bonds. The van der Waals surface area contributed by atoms with Gasteiger partial charge >= 0.3 is 5.97 Å². The van der Waals surface area contributed by atoms with Gasteiger partial charge in [0, 0.05) is 24.4 Å². The van der Waals surface area contributed by atoms with Gasteiger partial charge in [-0.1, -0.05) is 0 Å². The highest BCUT2D eigenvalue weighted by atomic mass is 32.2. The number of aliphatic carboxylic acids is 1. The molecule has 1 aliphatic heterocycles. The Morgan fingerprint density at radius 1 is 1.53 bits per heavy atom. The number of piperidine rings is 1. The van der Waals surface area contributed by atoms with E-state index >= 15 is 0 Å². The molecular weight excluding hydrogens is 288 g/mol. The van der Waals surface area contributed by atoms with Gasteiger partial charge in [-0.3, -0.25) is 4.79 Å². The van der Waals surface area contributed by atoms with Crippen LogP contribution in [-0.4, -0.2) is 54.4 Å². The molecule has 2 rings (SSSR count). The average Bonchev–Trinajstić information content (AvgIpc) is 3.17. The molecule has 1 saturated heterocycles. The van der Waals surface area contributed by atoms with Gasteiger partial charge in [-0.25, -0.2) is 4.72 Å². The number of carbonyl (C=O) groups is 1. The van der Waals surface area contributed by atoms with Crippen LogP contribution in [-0.2, 0) is 15.0 Å². The number of carboxylic acid groups (broad SMARTS) is 1. The molecule has 1 atom stereocenters. The molecular formula is C11H20N2O4S2. The highest BCUT2D eigenvalue weighted by Crippen LogP contribution is 2.46. The Kier molecular flexibility index (Phi) is 4.44. The molecule has 1 unspecified atom stereocenters. The summed E-state index contributed by atoms with van der Waals surface area (Å²) in [6.07, 6.45) is 5.22. The summed E-state index contributed by atoms with van der Waals surface area (Å²) < 4.78 is 28.3. The summed E-state index contributed by atoms with van der Waals surface area (Å²) in [5.74, 6) is -1.50. The number of nitrogens with zero attached hydrogens (tertiary/aromatic N) is 1. The van der Waals surface area contributed by atoms with Crippen LogP contribution in [0, 0.1) is 5.92 Å². The van der Waals surface area contributed by atoms with Gasteiger partial charge in [0.1, 0.15) is 0 Å². The van der Waals surface area contributed by atoms with Crippen molar-refractivity contribution in [1.82, 2.24) is 9.03 Å². The summed E-state index contributed by atoms with van der Waals surface area (Å²) in [4.78, 5) is 11.0. The monoisotopic (exact) mass is 308 g/mol. The molecule has 2 aliphatic rings. The van der Waals surface area contributed by atoms with E-state index in [4.69, 9.17) is 5.11 Å². The third kappa shape index (κ3) is 3.62. The Bertz CT molecular complexity index is 448. The third-order valence-electron chi connectivity index (χ3n) is 3.89. The van der Waals surface area contributed by atoms with Crippen LogP contribution in [0.25, 0.3) is 0 Å². The van der Waals surface area contributed by atoms with Crippen LogP contribution in [0.1, 0.15) is 25.7 Å². The molecule has 2 N–H and O–H groups in total. The van der Waals surface area contributed by atoms with Gasteiger partial charge in [0.25, 0.3) is 10.2 Å². The smallest absolute Gasteiger partial charge is 0.307 e. The van der Waals surface area contributed by atoms with Crippen LogP contribution >= 0.6 is 11.8 Å². The van der Waals surface area contributed by atoms with Crippen LogP contribution in [0.5, 0.6) is 0 Å². The minimum Gasteiger partial charge on any atom is -0.481 e. The summed E-state index contributed by atoms with van der Waals surface area (Å²) in [6.45, 7) is 0.924. The van der Waals surface area contributed by atoms with Crippen molar-refractivity contribution in [3.05, 3.63) is 0 Å². The fourth-order valence-electron chi connectivity index (χ4n) is 2.27. The molecule has 1 aliphatic carbocycles. The molecule has 19 heavy (non-hydrogen) atoms. The van der Waals surface area contributed by atoms with Gasteiger partial charge in [0.15, 0.2) is 0 Å². The van der Waals surface area contributed by atoms with Crippen molar-refractivity contribution in [3.63, 3.8) is 0 Å². The van der Waals surface area contributed by atoms with Crippen molar-refractivity contribution >= 4 is 27.9 Å². The largest absolute Gasteiger partial charge is 0.481 e. The van der Waals surface area contributed by atoms with Crippen molar-refractivity contribution in [1.29, 1.82) is 0 Å². The van der Waals surface area contributed by atoms with Crippen molar-refractivity contribution in [2.75, 3.05) is 25.9 Å². The molecule has 0 spiro atoms. The maximum atomic E-state index is 12.2. The van der Waals surface area contributed by atoms with Crippen LogP contribution in [0.4, 0.5) is 0 Å². The van der Waals surface area contributed by atoms with E-state index in [1.165, 1.54) is 4.31 Å². The van der Waals surface area contributed by atoms with Crippen molar-refractivity contribution in [3.8, 4) is 0 Å². The fourth-order valence-corrected chi connectivity index (χ4v) is 4.47. The van der Waals surface area contributed by atoms with E-state index in [1.807, 2.05) is 6.26 Å². The molecule has 0 aromatic carbocycles. The number of carboxylic acids is 1. The molecule has 1 heterocycles. The normalized spacial score (nSPS) is 27.1. The first-order valence-electron chi connectivity index (χ1n) is 6.41. The zero-order chi connectivity index (χ0) is 14.1. The topological polar surface area (TPSA) is 86.7 Å². The molecule has 0 aromatic rings. The Hall–Kier alpha value is -0.310. The summed E-state index contributed by atoms with van der Waals surface area (Å²) in [7, 11) is -3.55. The van der Waals surface area contributed by atoms with E-state index < -0.39 is 22.1 Å². The molecule has 110 valence electrons. The maximum absolute atomic E-state index is 12.2. The summed E-state index contributed by atoms with van der Waals surface area (Å²) in [6, 6.07) is 0. The summed E-state index contributed by atoms with van der Waals surface area (Å²) in [5.41, 5.74) is 0. The fraction of sp³-hybridized carbons (Fsp3) is 0.909. The van der Waals surface area contributed by atoms with E-state index in [1.54, 1.807) is 11.8 Å². The van der Waals surface area contributed by atoms with Crippen LogP contribution in [0.15, 0.2) is 0 Å². The lowest BCUT2D eigenvalue weighted by Crippen LogP contribution is -2.48. The quantitative estimate of drug-likeness (QED) is 0.747. The Balaban J connectivity index is 1.93. The predicted octanol–water partition coefficient (Wildman–Crippen LogP) is 0.513. The zero-order valence-corrected chi connectivity index (χ0v) is 12.6. The number of thioether (sulfide) groups is 1. The summed E-state index contributed by atoms with van der Waals surface area (Å²) >= 11 is 1.69. The highest BCUT2D eigenvalue weighted by molar-refractivity contribution is 8.00. The van der Waals surface area contributed by atoms with E-state index in [2.05, 4.69) is 4.72 Å². The Morgan fingerprint density at radius 2 is 2.21 bits per heavy atom. The second kappa shape index (κ2) is 5.59. The molecule has 0 radical (unpaired) electrons. The zero-order valence-electron chi connectivity index (χ0n) is 11.0. The number of hydrogen-bond acceptors (Lipinski definition) is 4. The SMILES string of the molecule is CSC1(CNS(=O)(=O)N2CCCC(C(=O)O)C2)CC1. The lowest BCUT2D eigenvalue weighted by Gasteiger charge is -2.30. The second-order valence-electron chi connectivity index (χ2n) is 5.25. The second-order valence-corrected chi connectivity index (χ2v) is 8.28. The van der Waals surface area contributed by atoms with Crippen molar-refractivity contribution in [2.45, 2.75) is 30.4 Å². The van der Waals surface area contributed by atoms with Gasteiger partial charge < -0.3 is 5.11 Å². The standard InChI is InChI=1S/C11H20N2O4S2/c1-18-11(4-5-11)8-12-19(16,17)13-6-2-3-9(7-13)10(14)15/h9,12H,2-8H2,1H3,(H,14,15). The van der Waals surface area contributed by atoms with Gasteiger partial charge in [-0.05, 0) is 31.9 Å². The van der Waals surface area contributed by atoms with E-state index in [-0.39, 0.29) is 11.3 Å². The molecule has 0 bridgehead atoms.